The molecule has 2 nitrogen and oxygen atoms in total. The first-order chi connectivity index (χ1) is 9.94. The molecule has 2 aliphatic rings. The van der Waals surface area contributed by atoms with E-state index in [0.29, 0.717) is 5.41 Å². The Labute approximate surface area is 133 Å². The van der Waals surface area contributed by atoms with Crippen LogP contribution in [0.2, 0.25) is 0 Å². The standard InChI is InChI=1S/C19H38N2/c1-6-15-8-7-11-21(13-15)14-16-12-17(19(2,3)4)9-10-18(16)20-5/h15-18,20H,6-14H2,1-5H3. The zero-order valence-corrected chi connectivity index (χ0v) is 15.1. The molecule has 1 aliphatic heterocycles. The van der Waals surface area contributed by atoms with Gasteiger partial charge in [0.1, 0.15) is 0 Å². The highest BCUT2D eigenvalue weighted by Gasteiger charge is 2.36. The van der Waals surface area contributed by atoms with E-state index in [4.69, 9.17) is 0 Å². The van der Waals surface area contributed by atoms with Crippen molar-refractivity contribution >= 4 is 0 Å². The van der Waals surface area contributed by atoms with Crippen LogP contribution in [0.3, 0.4) is 0 Å². The first-order valence-electron chi connectivity index (χ1n) is 9.33. The van der Waals surface area contributed by atoms with Gasteiger partial charge in [-0.25, -0.2) is 0 Å². The first-order valence-corrected chi connectivity index (χ1v) is 9.33. The largest absolute Gasteiger partial charge is 0.317 e. The molecular weight excluding hydrogens is 256 g/mol. The summed E-state index contributed by atoms with van der Waals surface area (Å²) in [6, 6.07) is 0.741. The lowest BCUT2D eigenvalue weighted by Crippen LogP contribution is -2.48. The van der Waals surface area contributed by atoms with E-state index in [1.165, 1.54) is 58.2 Å². The Hall–Kier alpha value is -0.0800. The molecule has 0 radical (unpaired) electrons. The second kappa shape index (κ2) is 7.46. The smallest absolute Gasteiger partial charge is 0.0105 e. The van der Waals surface area contributed by atoms with Gasteiger partial charge in [0.25, 0.3) is 0 Å². The van der Waals surface area contributed by atoms with E-state index in [1.807, 2.05) is 0 Å². The van der Waals surface area contributed by atoms with Crippen molar-refractivity contribution in [3.63, 3.8) is 0 Å². The Morgan fingerprint density at radius 3 is 2.52 bits per heavy atom. The number of hydrogen-bond donors (Lipinski definition) is 1. The van der Waals surface area contributed by atoms with Gasteiger partial charge in [-0.3, -0.25) is 0 Å². The van der Waals surface area contributed by atoms with Gasteiger partial charge >= 0.3 is 0 Å². The quantitative estimate of drug-likeness (QED) is 0.837. The molecule has 1 saturated carbocycles. The molecule has 4 atom stereocenters. The van der Waals surface area contributed by atoms with Gasteiger partial charge in [-0.2, -0.15) is 0 Å². The third-order valence-electron chi connectivity index (χ3n) is 6.25. The molecular formula is C19H38N2. The summed E-state index contributed by atoms with van der Waals surface area (Å²) in [6.45, 7) is 13.7. The molecule has 0 aromatic heterocycles. The molecule has 1 saturated heterocycles. The monoisotopic (exact) mass is 294 g/mol. The minimum atomic E-state index is 0.477. The van der Waals surface area contributed by atoms with Gasteiger partial charge < -0.3 is 10.2 Å². The second-order valence-electron chi connectivity index (χ2n) is 8.71. The molecule has 4 unspecified atom stereocenters. The molecule has 2 rings (SSSR count). The second-order valence-corrected chi connectivity index (χ2v) is 8.71. The Bertz CT molecular complexity index is 307. The third-order valence-corrected chi connectivity index (χ3v) is 6.25. The summed E-state index contributed by atoms with van der Waals surface area (Å²) in [5, 5.41) is 3.61. The van der Waals surface area contributed by atoms with Gasteiger partial charge in [-0.15, -0.1) is 0 Å². The zero-order chi connectivity index (χ0) is 15.5. The lowest BCUT2D eigenvalue weighted by Gasteiger charge is -2.44. The molecule has 0 aromatic rings. The lowest BCUT2D eigenvalue weighted by atomic mass is 9.67. The van der Waals surface area contributed by atoms with Gasteiger partial charge in [0.05, 0.1) is 0 Å². The molecule has 0 amide bonds. The lowest BCUT2D eigenvalue weighted by molar-refractivity contribution is 0.0733. The van der Waals surface area contributed by atoms with E-state index in [2.05, 4.69) is 45.0 Å². The summed E-state index contributed by atoms with van der Waals surface area (Å²) in [7, 11) is 2.17. The normalized spacial score (nSPS) is 35.9. The van der Waals surface area contributed by atoms with Crippen LogP contribution in [-0.4, -0.2) is 37.6 Å². The van der Waals surface area contributed by atoms with Crippen molar-refractivity contribution in [3.8, 4) is 0 Å². The van der Waals surface area contributed by atoms with Crippen molar-refractivity contribution < 1.29 is 0 Å². The summed E-state index contributed by atoms with van der Waals surface area (Å²) in [5.41, 5.74) is 0.477. The Balaban J connectivity index is 1.94. The predicted octanol–water partition coefficient (Wildman–Crippen LogP) is 4.16. The maximum atomic E-state index is 3.61. The van der Waals surface area contributed by atoms with Gasteiger partial charge in [-0.1, -0.05) is 34.1 Å². The summed E-state index contributed by atoms with van der Waals surface area (Å²) < 4.78 is 0. The number of likely N-dealkylation sites (tertiary alicyclic amines) is 1. The van der Waals surface area contributed by atoms with Crippen molar-refractivity contribution in [1.29, 1.82) is 0 Å². The number of nitrogens with one attached hydrogen (secondary N) is 1. The van der Waals surface area contributed by atoms with Crippen molar-refractivity contribution in [1.82, 2.24) is 10.2 Å². The van der Waals surface area contributed by atoms with Crippen LogP contribution in [0, 0.1) is 23.2 Å². The summed E-state index contributed by atoms with van der Waals surface area (Å²) in [4.78, 5) is 2.78. The van der Waals surface area contributed by atoms with Gasteiger partial charge in [-0.05, 0) is 68.9 Å². The van der Waals surface area contributed by atoms with E-state index in [9.17, 15) is 0 Å². The van der Waals surface area contributed by atoms with Gasteiger partial charge in [0.2, 0.25) is 0 Å². The highest BCUT2D eigenvalue weighted by molar-refractivity contribution is 4.90. The number of hydrogen-bond acceptors (Lipinski definition) is 2. The Morgan fingerprint density at radius 2 is 1.90 bits per heavy atom. The molecule has 2 fully saturated rings. The SMILES string of the molecule is CCC1CCCN(CC2CC(C(C)(C)C)CCC2NC)C1. The fourth-order valence-corrected chi connectivity index (χ4v) is 4.61. The van der Waals surface area contributed by atoms with E-state index >= 15 is 0 Å². The van der Waals surface area contributed by atoms with Gasteiger partial charge in [0.15, 0.2) is 0 Å². The number of nitrogens with zero attached hydrogens (tertiary/aromatic N) is 1. The van der Waals surface area contributed by atoms with Crippen molar-refractivity contribution in [2.75, 3.05) is 26.7 Å². The van der Waals surface area contributed by atoms with Gasteiger partial charge in [0, 0.05) is 19.1 Å². The predicted molar refractivity (Wildman–Crippen MR) is 92.6 cm³/mol. The van der Waals surface area contributed by atoms with Crippen molar-refractivity contribution in [3.05, 3.63) is 0 Å². The highest BCUT2D eigenvalue weighted by atomic mass is 15.1. The molecule has 0 aromatic carbocycles. The van der Waals surface area contributed by atoms with Crippen molar-refractivity contribution in [2.24, 2.45) is 23.2 Å². The minimum Gasteiger partial charge on any atom is -0.317 e. The average Bonchev–Trinajstić information content (AvgIpc) is 2.46. The van der Waals surface area contributed by atoms with Crippen LogP contribution < -0.4 is 5.32 Å². The fourth-order valence-electron chi connectivity index (χ4n) is 4.61. The first kappa shape index (κ1) is 17.3. The maximum absolute atomic E-state index is 3.61. The molecule has 0 bridgehead atoms. The van der Waals surface area contributed by atoms with Crippen LogP contribution in [0.15, 0.2) is 0 Å². The fraction of sp³-hybridized carbons (Fsp3) is 1.00. The topological polar surface area (TPSA) is 15.3 Å². The molecule has 2 heteroatoms. The van der Waals surface area contributed by atoms with Crippen LogP contribution in [-0.2, 0) is 0 Å². The van der Waals surface area contributed by atoms with Crippen LogP contribution in [0.1, 0.15) is 66.2 Å². The van der Waals surface area contributed by atoms with E-state index in [1.54, 1.807) is 0 Å². The maximum Gasteiger partial charge on any atom is 0.0105 e. The Morgan fingerprint density at radius 1 is 1.14 bits per heavy atom. The molecule has 1 N–H and O–H groups in total. The summed E-state index contributed by atoms with van der Waals surface area (Å²) in [6.07, 6.45) is 8.43. The van der Waals surface area contributed by atoms with Crippen LogP contribution in [0.5, 0.6) is 0 Å². The summed E-state index contributed by atoms with van der Waals surface area (Å²) in [5.74, 6) is 2.70. The number of rotatable bonds is 4. The van der Waals surface area contributed by atoms with E-state index in [0.717, 1.165) is 23.8 Å². The van der Waals surface area contributed by atoms with Crippen LogP contribution in [0.4, 0.5) is 0 Å². The average molecular weight is 295 g/mol. The third kappa shape index (κ3) is 4.69. The molecule has 0 spiro atoms. The molecule has 21 heavy (non-hydrogen) atoms. The van der Waals surface area contributed by atoms with Crippen LogP contribution in [0.25, 0.3) is 0 Å². The van der Waals surface area contributed by atoms with Crippen molar-refractivity contribution in [2.45, 2.75) is 72.3 Å². The molecule has 124 valence electrons. The molecule has 1 aliphatic carbocycles. The highest BCUT2D eigenvalue weighted by Crippen LogP contribution is 2.40. The summed E-state index contributed by atoms with van der Waals surface area (Å²) >= 11 is 0. The minimum absolute atomic E-state index is 0.477. The Kier molecular flexibility index (Phi) is 6.14. The van der Waals surface area contributed by atoms with E-state index in [-0.39, 0.29) is 0 Å². The zero-order valence-electron chi connectivity index (χ0n) is 15.1. The van der Waals surface area contributed by atoms with E-state index < -0.39 is 0 Å². The van der Waals surface area contributed by atoms with Crippen LogP contribution >= 0.6 is 0 Å². The molecule has 1 heterocycles. The number of piperidine rings is 1.